The lowest BCUT2D eigenvalue weighted by Crippen LogP contribution is -2.37. The zero-order chi connectivity index (χ0) is 27.7. The molecule has 5 rings (SSSR count). The maximum atomic E-state index is 14.4. The van der Waals surface area contributed by atoms with Crippen LogP contribution in [0.3, 0.4) is 0 Å². The smallest absolute Gasteiger partial charge is 0.378 e. The average molecular weight is 546 g/mol. The first-order valence-corrected chi connectivity index (χ1v) is 11.8. The molecule has 204 valence electrons. The van der Waals surface area contributed by atoms with Gasteiger partial charge in [0.1, 0.15) is 5.69 Å². The molecular formula is C24H23F4N9O2. The van der Waals surface area contributed by atoms with Gasteiger partial charge in [-0.1, -0.05) is 0 Å². The summed E-state index contributed by atoms with van der Waals surface area (Å²) in [5, 5.41) is 7.11. The Labute approximate surface area is 219 Å². The van der Waals surface area contributed by atoms with Gasteiger partial charge >= 0.3 is 11.9 Å². The van der Waals surface area contributed by atoms with Crippen molar-refractivity contribution in [2.45, 2.75) is 6.18 Å². The molecule has 2 N–H and O–H groups in total. The molecule has 39 heavy (non-hydrogen) atoms. The van der Waals surface area contributed by atoms with Crippen LogP contribution in [0.25, 0.3) is 17.5 Å². The van der Waals surface area contributed by atoms with E-state index < -0.39 is 23.2 Å². The molecule has 0 spiro atoms. The van der Waals surface area contributed by atoms with E-state index >= 15 is 0 Å². The van der Waals surface area contributed by atoms with E-state index in [0.29, 0.717) is 37.7 Å². The predicted octanol–water partition coefficient (Wildman–Crippen LogP) is 3.22. The summed E-state index contributed by atoms with van der Waals surface area (Å²) in [5.41, 5.74) is -0.144. The maximum absolute atomic E-state index is 14.4. The number of aromatic amines is 1. The minimum Gasteiger partial charge on any atom is -0.378 e. The third-order valence-corrected chi connectivity index (χ3v) is 5.89. The Morgan fingerprint density at radius 2 is 1.82 bits per heavy atom. The summed E-state index contributed by atoms with van der Waals surface area (Å²) in [4.78, 5) is 30.8. The lowest BCUT2D eigenvalue weighted by atomic mass is 10.1. The quantitative estimate of drug-likeness (QED) is 0.352. The largest absolute Gasteiger partial charge is 0.416 e. The topological polar surface area (TPSA) is 117 Å². The minimum absolute atomic E-state index is 0.0420. The van der Waals surface area contributed by atoms with E-state index in [1.54, 1.807) is 36.0 Å². The Kier molecular flexibility index (Phi) is 6.91. The van der Waals surface area contributed by atoms with E-state index in [-0.39, 0.29) is 29.0 Å². The maximum Gasteiger partial charge on any atom is 0.416 e. The SMILES string of the molecule is CN(C)c1cc(Nc2ccc(-c3nn(-c4ncc(F)c(N5CCOCC5)n4)c(=O)[nH]3)nc2)cc(C(F)(F)F)c1. The molecule has 0 atom stereocenters. The molecule has 0 aliphatic carbocycles. The lowest BCUT2D eigenvalue weighted by molar-refractivity contribution is -0.137. The van der Waals surface area contributed by atoms with Crippen molar-refractivity contribution in [2.75, 3.05) is 55.5 Å². The summed E-state index contributed by atoms with van der Waals surface area (Å²) in [6.45, 7) is 1.73. The molecule has 0 bridgehead atoms. The van der Waals surface area contributed by atoms with Crippen LogP contribution in [0.4, 0.5) is 40.4 Å². The van der Waals surface area contributed by atoms with Crippen molar-refractivity contribution in [3.05, 3.63) is 64.6 Å². The number of nitrogens with one attached hydrogen (secondary N) is 2. The van der Waals surface area contributed by atoms with Crippen molar-refractivity contribution in [3.8, 4) is 17.5 Å². The third kappa shape index (κ3) is 5.67. The highest BCUT2D eigenvalue weighted by Gasteiger charge is 2.31. The first-order chi connectivity index (χ1) is 18.6. The van der Waals surface area contributed by atoms with Crippen molar-refractivity contribution < 1.29 is 22.3 Å². The van der Waals surface area contributed by atoms with Crippen LogP contribution in [-0.2, 0) is 10.9 Å². The van der Waals surface area contributed by atoms with Crippen molar-refractivity contribution in [2.24, 2.45) is 0 Å². The van der Waals surface area contributed by atoms with Gasteiger partial charge in [0.25, 0.3) is 5.95 Å². The lowest BCUT2D eigenvalue weighted by Gasteiger charge is -2.27. The molecular weight excluding hydrogens is 522 g/mol. The number of alkyl halides is 3. The molecule has 1 fully saturated rings. The standard InChI is InChI=1S/C24H23F4N9O2/c1-35(2)17-10-14(24(26,27)28)9-16(11-17)31-15-3-4-19(29-12-15)20-32-23(38)37(34-20)22-30-13-18(25)21(33-22)36-5-7-39-8-6-36/h3-4,9-13,31H,5-8H2,1-2H3,(H,32,34,38). The van der Waals surface area contributed by atoms with Crippen molar-refractivity contribution >= 4 is 22.9 Å². The number of H-pyrrole nitrogens is 1. The number of pyridine rings is 1. The molecule has 0 saturated carbocycles. The first kappa shape index (κ1) is 26.1. The van der Waals surface area contributed by atoms with Gasteiger partial charge in [-0.3, -0.25) is 9.97 Å². The number of halogens is 4. The molecule has 0 amide bonds. The van der Waals surface area contributed by atoms with E-state index in [0.717, 1.165) is 23.0 Å². The number of hydrogen-bond acceptors (Lipinski definition) is 9. The molecule has 1 aromatic carbocycles. The highest BCUT2D eigenvalue weighted by molar-refractivity contribution is 5.67. The zero-order valence-electron chi connectivity index (χ0n) is 20.8. The molecule has 15 heteroatoms. The molecule has 11 nitrogen and oxygen atoms in total. The number of morpholine rings is 1. The number of anilines is 4. The summed E-state index contributed by atoms with van der Waals surface area (Å²) in [6, 6.07) is 6.77. The number of benzene rings is 1. The summed E-state index contributed by atoms with van der Waals surface area (Å²) >= 11 is 0. The zero-order valence-corrected chi connectivity index (χ0v) is 20.8. The van der Waals surface area contributed by atoms with Gasteiger partial charge in [0.05, 0.1) is 36.9 Å². The van der Waals surface area contributed by atoms with E-state index in [1.165, 1.54) is 12.3 Å². The van der Waals surface area contributed by atoms with Gasteiger partial charge in [0.15, 0.2) is 17.5 Å². The van der Waals surface area contributed by atoms with Gasteiger partial charge in [-0.25, -0.2) is 14.2 Å². The molecule has 1 aliphatic rings. The van der Waals surface area contributed by atoms with Crippen molar-refractivity contribution in [3.63, 3.8) is 0 Å². The van der Waals surface area contributed by atoms with E-state index in [9.17, 15) is 22.4 Å². The number of aromatic nitrogens is 6. The van der Waals surface area contributed by atoms with Crippen LogP contribution in [0.1, 0.15) is 5.56 Å². The van der Waals surface area contributed by atoms with Crippen LogP contribution in [0.5, 0.6) is 0 Å². The van der Waals surface area contributed by atoms with Crippen LogP contribution in [0.15, 0.2) is 47.5 Å². The average Bonchev–Trinajstić information content (AvgIpc) is 3.30. The Bertz CT molecular complexity index is 1530. The fourth-order valence-electron chi connectivity index (χ4n) is 3.90. The predicted molar refractivity (Wildman–Crippen MR) is 135 cm³/mol. The van der Waals surface area contributed by atoms with E-state index in [4.69, 9.17) is 4.74 Å². The molecule has 3 aromatic heterocycles. The molecule has 1 saturated heterocycles. The number of ether oxygens (including phenoxy) is 1. The van der Waals surface area contributed by atoms with Gasteiger partial charge in [-0.05, 0) is 30.3 Å². The van der Waals surface area contributed by atoms with Crippen molar-refractivity contribution in [1.29, 1.82) is 0 Å². The summed E-state index contributed by atoms with van der Waals surface area (Å²) in [6.07, 6.45) is -2.14. The Morgan fingerprint density at radius 3 is 2.49 bits per heavy atom. The molecule has 1 aliphatic heterocycles. The molecule has 0 radical (unpaired) electrons. The van der Waals surface area contributed by atoms with Gasteiger partial charge in [-0.15, -0.1) is 9.78 Å². The van der Waals surface area contributed by atoms with Gasteiger partial charge in [-0.2, -0.15) is 18.2 Å². The Balaban J connectivity index is 1.38. The van der Waals surface area contributed by atoms with Crippen molar-refractivity contribution in [1.82, 2.24) is 29.7 Å². The monoisotopic (exact) mass is 545 g/mol. The first-order valence-electron chi connectivity index (χ1n) is 11.8. The van der Waals surface area contributed by atoms with Crippen LogP contribution in [0, 0.1) is 5.82 Å². The van der Waals surface area contributed by atoms with Gasteiger partial charge in [0.2, 0.25) is 0 Å². The normalized spacial score (nSPS) is 13.9. The Hall–Kier alpha value is -4.53. The minimum atomic E-state index is -4.51. The second-order valence-electron chi connectivity index (χ2n) is 8.85. The molecule has 4 heterocycles. The van der Waals surface area contributed by atoms with Crippen LogP contribution in [-0.4, -0.2) is 70.1 Å². The number of nitrogens with zero attached hydrogens (tertiary/aromatic N) is 7. The van der Waals surface area contributed by atoms with E-state index in [2.05, 4.69) is 30.4 Å². The highest BCUT2D eigenvalue weighted by atomic mass is 19.4. The molecule has 4 aromatic rings. The fraction of sp³-hybridized carbons (Fsp3) is 0.292. The van der Waals surface area contributed by atoms with Gasteiger partial charge < -0.3 is 19.9 Å². The van der Waals surface area contributed by atoms with Crippen LogP contribution < -0.4 is 20.8 Å². The Morgan fingerprint density at radius 1 is 1.05 bits per heavy atom. The van der Waals surface area contributed by atoms with Crippen LogP contribution >= 0.6 is 0 Å². The second kappa shape index (κ2) is 10.3. The van der Waals surface area contributed by atoms with Crippen LogP contribution in [0.2, 0.25) is 0 Å². The second-order valence-corrected chi connectivity index (χ2v) is 8.85. The molecule has 0 unspecified atom stereocenters. The third-order valence-electron chi connectivity index (χ3n) is 5.89. The van der Waals surface area contributed by atoms with E-state index in [1.807, 2.05) is 0 Å². The number of hydrogen-bond donors (Lipinski definition) is 2. The number of rotatable bonds is 6. The highest BCUT2D eigenvalue weighted by Crippen LogP contribution is 2.35. The fourth-order valence-corrected chi connectivity index (χ4v) is 3.90. The summed E-state index contributed by atoms with van der Waals surface area (Å²) in [5.74, 6) is -0.612. The summed E-state index contributed by atoms with van der Waals surface area (Å²) in [7, 11) is 3.30. The summed E-state index contributed by atoms with van der Waals surface area (Å²) < 4.78 is 60.6. The van der Waals surface area contributed by atoms with Gasteiger partial charge in [0, 0.05) is 38.6 Å².